The number of benzene rings is 1. The van der Waals surface area contributed by atoms with Crippen LogP contribution in [-0.2, 0) is 16.3 Å². The van der Waals surface area contributed by atoms with Gasteiger partial charge in [-0.05, 0) is 17.7 Å². The van der Waals surface area contributed by atoms with Crippen molar-refractivity contribution >= 4 is 9.84 Å². The molecule has 0 aromatic heterocycles. The minimum atomic E-state index is -3.93. The monoisotopic (exact) mass is 231 g/mol. The van der Waals surface area contributed by atoms with Crippen LogP contribution >= 0.6 is 0 Å². The van der Waals surface area contributed by atoms with Gasteiger partial charge in [-0.15, -0.1) is 0 Å². The van der Waals surface area contributed by atoms with Crippen LogP contribution in [0.2, 0.25) is 0 Å². The quantitative estimate of drug-likeness (QED) is 0.773. The number of hydrogen-bond acceptors (Lipinski definition) is 3. The van der Waals surface area contributed by atoms with Crippen molar-refractivity contribution in [1.29, 1.82) is 5.26 Å². The molecule has 0 aliphatic rings. The Bertz CT molecular complexity index is 509. The second-order valence-corrected chi connectivity index (χ2v) is 4.95. The molecule has 1 rings (SSSR count). The molecular formula is C9H7F2NO2S. The third kappa shape index (κ3) is 2.50. The smallest absolute Gasteiger partial charge is 0.181 e. The van der Waals surface area contributed by atoms with E-state index in [9.17, 15) is 17.2 Å². The topological polar surface area (TPSA) is 57.9 Å². The summed E-state index contributed by atoms with van der Waals surface area (Å²) in [6, 6.07) is 3.41. The first-order valence-corrected chi connectivity index (χ1v) is 5.80. The van der Waals surface area contributed by atoms with E-state index in [1.54, 1.807) is 6.07 Å². The zero-order valence-corrected chi connectivity index (χ0v) is 8.61. The van der Waals surface area contributed by atoms with Gasteiger partial charge in [-0.3, -0.25) is 0 Å². The zero-order chi connectivity index (χ0) is 11.6. The maximum atomic E-state index is 13.2. The SMILES string of the molecule is CS(=O)(=O)c1c(F)cc(CC#N)cc1F. The summed E-state index contributed by atoms with van der Waals surface area (Å²) in [5, 5.41) is 8.32. The number of hydrogen-bond donors (Lipinski definition) is 0. The number of rotatable bonds is 2. The average Bonchev–Trinajstić information content (AvgIpc) is 1.99. The number of nitrogens with zero attached hydrogens (tertiary/aromatic N) is 1. The highest BCUT2D eigenvalue weighted by Crippen LogP contribution is 2.20. The third-order valence-corrected chi connectivity index (χ3v) is 2.84. The molecule has 0 bridgehead atoms. The van der Waals surface area contributed by atoms with Crippen molar-refractivity contribution in [2.75, 3.05) is 6.26 Å². The average molecular weight is 231 g/mol. The van der Waals surface area contributed by atoms with Gasteiger partial charge in [0.25, 0.3) is 0 Å². The molecule has 0 aliphatic heterocycles. The first-order valence-electron chi connectivity index (χ1n) is 3.91. The van der Waals surface area contributed by atoms with Gasteiger partial charge >= 0.3 is 0 Å². The van der Waals surface area contributed by atoms with Crippen LogP contribution in [-0.4, -0.2) is 14.7 Å². The normalized spacial score (nSPS) is 11.1. The molecule has 0 radical (unpaired) electrons. The largest absolute Gasteiger partial charge is 0.224 e. The van der Waals surface area contributed by atoms with Crippen LogP contribution < -0.4 is 0 Å². The highest BCUT2D eigenvalue weighted by molar-refractivity contribution is 7.90. The van der Waals surface area contributed by atoms with E-state index in [4.69, 9.17) is 5.26 Å². The number of nitriles is 1. The van der Waals surface area contributed by atoms with E-state index in [1.165, 1.54) is 0 Å². The lowest BCUT2D eigenvalue weighted by molar-refractivity contribution is 0.519. The predicted molar refractivity (Wildman–Crippen MR) is 48.8 cm³/mol. The molecule has 0 aliphatic carbocycles. The standard InChI is InChI=1S/C9H7F2NO2S/c1-15(13,14)9-7(10)4-6(2-3-12)5-8(9)11/h4-5H,2H2,1H3. The molecule has 1 aromatic rings. The van der Waals surface area contributed by atoms with Gasteiger partial charge in [-0.25, -0.2) is 17.2 Å². The van der Waals surface area contributed by atoms with Crippen molar-refractivity contribution in [1.82, 2.24) is 0 Å². The van der Waals surface area contributed by atoms with Gasteiger partial charge in [0.15, 0.2) is 9.84 Å². The molecule has 0 fully saturated rings. The summed E-state index contributed by atoms with van der Waals surface area (Å²) in [7, 11) is -3.93. The van der Waals surface area contributed by atoms with Gasteiger partial charge in [-0.1, -0.05) is 0 Å². The molecule has 0 heterocycles. The van der Waals surface area contributed by atoms with E-state index >= 15 is 0 Å². The van der Waals surface area contributed by atoms with E-state index in [0.717, 1.165) is 18.4 Å². The molecule has 1 aromatic carbocycles. The predicted octanol–water partition coefficient (Wildman–Crippen LogP) is 1.43. The van der Waals surface area contributed by atoms with Crippen molar-refractivity contribution in [2.45, 2.75) is 11.3 Å². The fourth-order valence-electron chi connectivity index (χ4n) is 1.16. The fourth-order valence-corrected chi connectivity index (χ4v) is 1.99. The molecule has 0 amide bonds. The summed E-state index contributed by atoms with van der Waals surface area (Å²) in [6.45, 7) is 0. The molecule has 0 N–H and O–H groups in total. The van der Waals surface area contributed by atoms with Crippen LogP contribution in [0.3, 0.4) is 0 Å². The van der Waals surface area contributed by atoms with E-state index in [2.05, 4.69) is 0 Å². The Morgan fingerprint density at radius 1 is 1.33 bits per heavy atom. The van der Waals surface area contributed by atoms with Gasteiger partial charge in [0.1, 0.15) is 16.5 Å². The molecular weight excluding hydrogens is 224 g/mol. The summed E-state index contributed by atoms with van der Waals surface area (Å²) in [4.78, 5) is -0.954. The maximum absolute atomic E-state index is 13.2. The Kier molecular flexibility index (Phi) is 3.05. The van der Waals surface area contributed by atoms with Gasteiger partial charge < -0.3 is 0 Å². The van der Waals surface area contributed by atoms with Gasteiger partial charge in [0.05, 0.1) is 12.5 Å². The fraction of sp³-hybridized carbons (Fsp3) is 0.222. The highest BCUT2D eigenvalue weighted by atomic mass is 32.2. The van der Waals surface area contributed by atoms with E-state index in [1.807, 2.05) is 0 Å². The third-order valence-electron chi connectivity index (χ3n) is 1.71. The summed E-state index contributed by atoms with van der Waals surface area (Å²) in [6.07, 6.45) is 0.552. The Hall–Kier alpha value is -1.48. The summed E-state index contributed by atoms with van der Waals surface area (Å²) in [5.74, 6) is -2.33. The summed E-state index contributed by atoms with van der Waals surface area (Å²) in [5.41, 5.74) is 0.111. The van der Waals surface area contributed by atoms with Crippen LogP contribution in [0.25, 0.3) is 0 Å². The molecule has 80 valence electrons. The maximum Gasteiger partial charge on any atom is 0.181 e. The van der Waals surface area contributed by atoms with E-state index < -0.39 is 26.4 Å². The number of halogens is 2. The lowest BCUT2D eigenvalue weighted by Crippen LogP contribution is -2.05. The molecule has 0 saturated heterocycles. The molecule has 3 nitrogen and oxygen atoms in total. The van der Waals surface area contributed by atoms with Crippen molar-refractivity contribution in [3.05, 3.63) is 29.3 Å². The zero-order valence-electron chi connectivity index (χ0n) is 7.79. The van der Waals surface area contributed by atoms with Crippen LogP contribution in [0.1, 0.15) is 5.56 Å². The molecule has 15 heavy (non-hydrogen) atoms. The highest BCUT2D eigenvalue weighted by Gasteiger charge is 2.20. The lowest BCUT2D eigenvalue weighted by Gasteiger charge is -2.04. The van der Waals surface area contributed by atoms with Gasteiger partial charge in [0.2, 0.25) is 0 Å². The second kappa shape index (κ2) is 3.95. The van der Waals surface area contributed by atoms with Crippen LogP contribution in [0, 0.1) is 23.0 Å². The Morgan fingerprint density at radius 2 is 1.80 bits per heavy atom. The van der Waals surface area contributed by atoms with Gasteiger partial charge in [-0.2, -0.15) is 5.26 Å². The van der Waals surface area contributed by atoms with Crippen LogP contribution in [0.5, 0.6) is 0 Å². The minimum absolute atomic E-state index is 0.111. The van der Waals surface area contributed by atoms with Crippen molar-refractivity contribution in [3.63, 3.8) is 0 Å². The summed E-state index contributed by atoms with van der Waals surface area (Å²) >= 11 is 0. The molecule has 0 atom stereocenters. The lowest BCUT2D eigenvalue weighted by atomic mass is 10.1. The van der Waals surface area contributed by atoms with Crippen molar-refractivity contribution < 1.29 is 17.2 Å². The van der Waals surface area contributed by atoms with Gasteiger partial charge in [0, 0.05) is 6.26 Å². The molecule has 6 heteroatoms. The Balaban J connectivity index is 3.42. The number of sulfone groups is 1. The van der Waals surface area contributed by atoms with E-state index in [-0.39, 0.29) is 12.0 Å². The van der Waals surface area contributed by atoms with Crippen molar-refractivity contribution in [3.8, 4) is 6.07 Å². The summed E-state index contributed by atoms with van der Waals surface area (Å²) < 4.78 is 48.4. The minimum Gasteiger partial charge on any atom is -0.224 e. The second-order valence-electron chi connectivity index (χ2n) is 3.00. The van der Waals surface area contributed by atoms with Crippen LogP contribution in [0.4, 0.5) is 8.78 Å². The van der Waals surface area contributed by atoms with E-state index in [0.29, 0.717) is 0 Å². The molecule has 0 saturated carbocycles. The Morgan fingerprint density at radius 3 is 2.13 bits per heavy atom. The first-order chi connectivity index (χ1) is 6.86. The first kappa shape index (κ1) is 11.6. The van der Waals surface area contributed by atoms with Crippen molar-refractivity contribution in [2.24, 2.45) is 0 Å². The molecule has 0 spiro atoms. The Labute approximate surface area is 85.9 Å². The van der Waals surface area contributed by atoms with Crippen LogP contribution in [0.15, 0.2) is 17.0 Å². The molecule has 0 unspecified atom stereocenters.